The van der Waals surface area contributed by atoms with Gasteiger partial charge in [-0.1, -0.05) is 25.5 Å². The molecular formula is C25H23N3O5. The van der Waals surface area contributed by atoms with E-state index in [0.717, 1.165) is 30.7 Å². The Kier molecular flexibility index (Phi) is 6.08. The molecule has 1 aliphatic rings. The molecule has 1 aromatic heterocycles. The Morgan fingerprint density at radius 1 is 1.06 bits per heavy atom. The van der Waals surface area contributed by atoms with Crippen molar-refractivity contribution in [3.05, 3.63) is 82.4 Å². The quantitative estimate of drug-likeness (QED) is 0.448. The lowest BCUT2D eigenvalue weighted by Gasteiger charge is -2.11. The van der Waals surface area contributed by atoms with Gasteiger partial charge < -0.3 is 20.1 Å². The fourth-order valence-corrected chi connectivity index (χ4v) is 3.81. The number of rotatable bonds is 8. The van der Waals surface area contributed by atoms with Crippen LogP contribution in [0.25, 0.3) is 11.6 Å². The van der Waals surface area contributed by atoms with Gasteiger partial charge in [-0.25, -0.2) is 14.6 Å². The van der Waals surface area contributed by atoms with Gasteiger partial charge in [0.1, 0.15) is 5.82 Å². The average molecular weight is 445 g/mol. The second-order valence-electron chi connectivity index (χ2n) is 7.87. The molecular weight excluding hydrogens is 422 g/mol. The zero-order valence-corrected chi connectivity index (χ0v) is 18.0. The number of carboxylic acids is 2. The number of benzene rings is 2. The van der Waals surface area contributed by atoms with E-state index >= 15 is 0 Å². The number of aromatic nitrogens is 2. The number of hydrogen-bond donors (Lipinski definition) is 3. The van der Waals surface area contributed by atoms with Crippen LogP contribution >= 0.6 is 0 Å². The molecule has 2 aromatic carbocycles. The van der Waals surface area contributed by atoms with Gasteiger partial charge in [-0.2, -0.15) is 0 Å². The van der Waals surface area contributed by atoms with E-state index in [4.69, 9.17) is 5.11 Å². The molecule has 168 valence electrons. The van der Waals surface area contributed by atoms with Crippen LogP contribution in [0.4, 0.5) is 5.69 Å². The zero-order chi connectivity index (χ0) is 23.5. The summed E-state index contributed by atoms with van der Waals surface area (Å²) in [6, 6.07) is 11.2. The molecule has 3 N–H and O–H groups in total. The normalized spacial score (nSPS) is 13.7. The fourth-order valence-electron chi connectivity index (χ4n) is 3.81. The van der Waals surface area contributed by atoms with Crippen LogP contribution < -0.4 is 5.32 Å². The van der Waals surface area contributed by atoms with Crippen molar-refractivity contribution in [3.8, 4) is 0 Å². The number of nitrogens with zero attached hydrogens (tertiary/aromatic N) is 2. The maximum absolute atomic E-state index is 12.7. The maximum atomic E-state index is 12.7. The number of carboxylic acid groups (broad SMARTS) is 2. The molecule has 33 heavy (non-hydrogen) atoms. The highest BCUT2D eigenvalue weighted by Crippen LogP contribution is 2.34. The fraction of sp³-hybridized carbons (Fsp3) is 0.200. The molecule has 0 saturated carbocycles. The molecule has 1 amide bonds. The molecule has 0 spiro atoms. The van der Waals surface area contributed by atoms with Gasteiger partial charge in [0.2, 0.25) is 0 Å². The Morgan fingerprint density at radius 2 is 1.76 bits per heavy atom. The molecule has 0 fully saturated rings. The van der Waals surface area contributed by atoms with Crippen LogP contribution in [0.2, 0.25) is 0 Å². The van der Waals surface area contributed by atoms with Gasteiger partial charge in [0.25, 0.3) is 5.91 Å². The van der Waals surface area contributed by atoms with Crippen LogP contribution in [0.5, 0.6) is 0 Å². The molecule has 0 radical (unpaired) electrons. The third-order valence-electron chi connectivity index (χ3n) is 5.61. The second kappa shape index (κ2) is 9.12. The van der Waals surface area contributed by atoms with Crippen molar-refractivity contribution in [2.75, 3.05) is 5.32 Å². The minimum absolute atomic E-state index is 0.104. The van der Waals surface area contributed by atoms with Crippen LogP contribution in [0.1, 0.15) is 63.1 Å². The number of aromatic carboxylic acids is 2. The summed E-state index contributed by atoms with van der Waals surface area (Å²) in [5.74, 6) is -1.48. The van der Waals surface area contributed by atoms with Gasteiger partial charge in [-0.05, 0) is 48.4 Å². The summed E-state index contributed by atoms with van der Waals surface area (Å²) in [6.07, 6.45) is 6.15. The molecule has 2 heterocycles. The van der Waals surface area contributed by atoms with E-state index in [1.54, 1.807) is 42.6 Å². The van der Waals surface area contributed by atoms with Crippen LogP contribution in [0, 0.1) is 0 Å². The zero-order valence-electron chi connectivity index (χ0n) is 18.0. The summed E-state index contributed by atoms with van der Waals surface area (Å²) in [5, 5.41) is 21.2. The van der Waals surface area contributed by atoms with Crippen molar-refractivity contribution in [2.24, 2.45) is 0 Å². The number of carbonyl (C=O) groups excluding carboxylic acids is 1. The highest BCUT2D eigenvalue weighted by Gasteiger charge is 2.26. The van der Waals surface area contributed by atoms with E-state index in [1.807, 2.05) is 4.57 Å². The minimum atomic E-state index is -1.06. The second-order valence-corrected chi connectivity index (χ2v) is 7.87. The predicted molar refractivity (Wildman–Crippen MR) is 123 cm³/mol. The predicted octanol–water partition coefficient (Wildman–Crippen LogP) is 4.16. The molecule has 4 rings (SSSR count). The van der Waals surface area contributed by atoms with Crippen molar-refractivity contribution < 1.29 is 24.6 Å². The van der Waals surface area contributed by atoms with Gasteiger partial charge in [-0.3, -0.25) is 4.79 Å². The molecule has 0 unspecified atom stereocenters. The summed E-state index contributed by atoms with van der Waals surface area (Å²) >= 11 is 0. The molecule has 0 bridgehead atoms. The SMILES string of the molecule is CCCCc1ncc(/C=C2\C(=O)Nc3ccc(C(=O)O)cc32)n1Cc1ccc(C(=O)O)cc1. The van der Waals surface area contributed by atoms with E-state index in [1.165, 1.54) is 12.1 Å². The Balaban J connectivity index is 1.74. The maximum Gasteiger partial charge on any atom is 0.335 e. The molecule has 0 saturated heterocycles. The summed E-state index contributed by atoms with van der Waals surface area (Å²) in [7, 11) is 0. The third kappa shape index (κ3) is 4.55. The lowest BCUT2D eigenvalue weighted by atomic mass is 10.0. The largest absolute Gasteiger partial charge is 0.478 e. The monoisotopic (exact) mass is 445 g/mol. The first-order valence-electron chi connectivity index (χ1n) is 10.6. The van der Waals surface area contributed by atoms with E-state index in [0.29, 0.717) is 29.1 Å². The summed E-state index contributed by atoms with van der Waals surface area (Å²) in [5.41, 5.74) is 3.41. The number of imidazole rings is 1. The van der Waals surface area contributed by atoms with E-state index < -0.39 is 11.9 Å². The summed E-state index contributed by atoms with van der Waals surface area (Å²) in [4.78, 5) is 39.8. The van der Waals surface area contributed by atoms with Gasteiger partial charge in [0.05, 0.1) is 28.6 Å². The van der Waals surface area contributed by atoms with Crippen LogP contribution in [-0.2, 0) is 17.8 Å². The number of nitrogens with one attached hydrogen (secondary N) is 1. The Morgan fingerprint density at radius 3 is 2.42 bits per heavy atom. The van der Waals surface area contributed by atoms with Gasteiger partial charge in [-0.15, -0.1) is 0 Å². The molecule has 8 nitrogen and oxygen atoms in total. The molecule has 8 heteroatoms. The lowest BCUT2D eigenvalue weighted by Crippen LogP contribution is -2.09. The van der Waals surface area contributed by atoms with E-state index in [2.05, 4.69) is 17.2 Å². The first-order valence-corrected chi connectivity index (χ1v) is 10.6. The number of carbonyl (C=O) groups is 3. The van der Waals surface area contributed by atoms with E-state index in [9.17, 15) is 19.5 Å². The van der Waals surface area contributed by atoms with Crippen LogP contribution in [0.15, 0.2) is 48.7 Å². The summed E-state index contributed by atoms with van der Waals surface area (Å²) < 4.78 is 2.00. The van der Waals surface area contributed by atoms with Crippen LogP contribution in [-0.4, -0.2) is 37.6 Å². The van der Waals surface area contributed by atoms with Gasteiger partial charge in [0, 0.05) is 24.2 Å². The van der Waals surface area contributed by atoms with Crippen LogP contribution in [0.3, 0.4) is 0 Å². The molecule has 3 aromatic rings. The van der Waals surface area contributed by atoms with Gasteiger partial charge >= 0.3 is 11.9 Å². The molecule has 0 aliphatic carbocycles. The van der Waals surface area contributed by atoms with Crippen molar-refractivity contribution >= 4 is 35.2 Å². The summed E-state index contributed by atoms with van der Waals surface area (Å²) in [6.45, 7) is 2.56. The topological polar surface area (TPSA) is 122 Å². The highest BCUT2D eigenvalue weighted by atomic mass is 16.4. The first-order chi connectivity index (χ1) is 15.9. The number of unbranched alkanes of at least 4 members (excludes halogenated alkanes) is 1. The standard InChI is InChI=1S/C25H23N3O5/c1-2-3-4-22-26-13-18(28(22)14-15-5-7-16(8-6-15)24(30)31)12-20-19-11-17(25(32)33)9-10-21(19)27-23(20)29/h5-13H,2-4,14H2,1H3,(H,27,29)(H,30,31)(H,32,33)/b20-12-. The van der Waals surface area contributed by atoms with Crippen molar-refractivity contribution in [1.29, 1.82) is 0 Å². The third-order valence-corrected chi connectivity index (χ3v) is 5.61. The van der Waals surface area contributed by atoms with Crippen molar-refractivity contribution in [2.45, 2.75) is 32.7 Å². The molecule has 0 atom stereocenters. The number of anilines is 1. The number of amides is 1. The van der Waals surface area contributed by atoms with Crippen molar-refractivity contribution in [3.63, 3.8) is 0 Å². The Bertz CT molecular complexity index is 1270. The highest BCUT2D eigenvalue weighted by molar-refractivity contribution is 6.35. The minimum Gasteiger partial charge on any atom is -0.478 e. The van der Waals surface area contributed by atoms with E-state index in [-0.39, 0.29) is 17.0 Å². The molecule has 1 aliphatic heterocycles. The Hall–Kier alpha value is -4.20. The Labute approximate surface area is 190 Å². The van der Waals surface area contributed by atoms with Crippen molar-refractivity contribution in [1.82, 2.24) is 9.55 Å². The number of fused-ring (bicyclic) bond motifs is 1. The lowest BCUT2D eigenvalue weighted by molar-refractivity contribution is -0.110. The first kappa shape index (κ1) is 22.0. The number of hydrogen-bond acceptors (Lipinski definition) is 4. The van der Waals surface area contributed by atoms with Gasteiger partial charge in [0.15, 0.2) is 0 Å². The average Bonchev–Trinajstić information content (AvgIpc) is 3.32. The smallest absolute Gasteiger partial charge is 0.335 e. The number of aryl methyl sites for hydroxylation is 1.